The lowest BCUT2D eigenvalue weighted by Gasteiger charge is -2.34. The van der Waals surface area contributed by atoms with E-state index >= 15 is 4.39 Å². The lowest BCUT2D eigenvalue weighted by atomic mass is 10.1. The predicted molar refractivity (Wildman–Crippen MR) is 153 cm³/mol. The maximum atomic E-state index is 15.3. The Morgan fingerprint density at radius 1 is 1.14 bits per heavy atom. The molecule has 0 saturated carbocycles. The molecule has 7 rings (SSSR count). The summed E-state index contributed by atoms with van der Waals surface area (Å²) in [5.41, 5.74) is -4.53. The van der Waals surface area contributed by atoms with Crippen LogP contribution in [0.5, 0.6) is 11.8 Å². The standard InChI is InChI=1S/C30H29F5N6O3/c1-39-8-2-3-18(39)14-44-29-37-26-20(27(38-29)40-12-16-5-6-17(13-40)36-16)11-23(30(33,34)35)41(28(26)43)22-10-19(42)9-15-4-7-21(31)25(32)24(15)22/h4,7,9-11,16-18,36,42H,2-3,5-6,8,12-14H2,1H3/t16-,17+,18-/m0/s1/i1D3,14D2. The molecule has 0 amide bonds. The molecule has 2 N–H and O–H groups in total. The van der Waals surface area contributed by atoms with Crippen LogP contribution in [-0.4, -0.2) is 75.8 Å². The molecule has 0 aliphatic carbocycles. The highest BCUT2D eigenvalue weighted by atomic mass is 19.4. The minimum atomic E-state index is -5.25. The number of anilines is 1. The average molecular weight is 622 g/mol. The number of likely N-dealkylation sites (N-methyl/N-ethyl adjacent to an activating group) is 1. The van der Waals surface area contributed by atoms with Crippen LogP contribution in [0.1, 0.15) is 38.2 Å². The molecule has 3 aliphatic rings. The lowest BCUT2D eigenvalue weighted by molar-refractivity contribution is -0.142. The average Bonchev–Trinajstić information content (AvgIpc) is 3.65. The number of nitrogens with one attached hydrogen (secondary N) is 1. The summed E-state index contributed by atoms with van der Waals surface area (Å²) in [5.74, 6) is -3.75. The number of aromatic hydroxyl groups is 1. The van der Waals surface area contributed by atoms with E-state index in [4.69, 9.17) is 11.6 Å². The fourth-order valence-electron chi connectivity index (χ4n) is 6.40. The number of rotatable bonds is 5. The van der Waals surface area contributed by atoms with Gasteiger partial charge >= 0.3 is 12.2 Å². The van der Waals surface area contributed by atoms with Gasteiger partial charge in [-0.05, 0) is 62.8 Å². The lowest BCUT2D eigenvalue weighted by Crippen LogP contribution is -2.51. The minimum Gasteiger partial charge on any atom is -0.508 e. The third-order valence-corrected chi connectivity index (χ3v) is 8.39. The summed E-state index contributed by atoms with van der Waals surface area (Å²) >= 11 is 0. The van der Waals surface area contributed by atoms with Gasteiger partial charge in [0.2, 0.25) is 0 Å². The van der Waals surface area contributed by atoms with Gasteiger partial charge in [0.25, 0.3) is 5.56 Å². The van der Waals surface area contributed by atoms with Crippen molar-refractivity contribution in [3.05, 3.63) is 58.0 Å². The Labute approximate surface area is 254 Å². The highest BCUT2D eigenvalue weighted by Gasteiger charge is 2.39. The van der Waals surface area contributed by atoms with E-state index in [1.165, 1.54) is 0 Å². The molecule has 9 nitrogen and oxygen atoms in total. The van der Waals surface area contributed by atoms with Gasteiger partial charge in [0.1, 0.15) is 29.3 Å². The third kappa shape index (κ3) is 4.89. The molecular weight excluding hydrogens is 587 g/mol. The van der Waals surface area contributed by atoms with E-state index in [2.05, 4.69) is 15.3 Å². The Kier molecular flexibility index (Phi) is 5.60. The fourth-order valence-corrected chi connectivity index (χ4v) is 6.40. The molecule has 0 unspecified atom stereocenters. The molecule has 5 heterocycles. The largest absolute Gasteiger partial charge is 0.508 e. The minimum absolute atomic E-state index is 0.0510. The summed E-state index contributed by atoms with van der Waals surface area (Å²) in [6, 6.07) is 1.95. The number of hydrogen-bond acceptors (Lipinski definition) is 8. The number of phenols is 1. The molecule has 14 heteroatoms. The zero-order chi connectivity index (χ0) is 35.2. The Morgan fingerprint density at radius 3 is 2.64 bits per heavy atom. The van der Waals surface area contributed by atoms with Gasteiger partial charge in [-0.2, -0.15) is 23.1 Å². The number of alkyl halides is 3. The highest BCUT2D eigenvalue weighted by Crippen LogP contribution is 2.38. The van der Waals surface area contributed by atoms with Crippen molar-refractivity contribution in [2.24, 2.45) is 0 Å². The van der Waals surface area contributed by atoms with Gasteiger partial charge in [-0.25, -0.2) is 8.78 Å². The number of aromatic nitrogens is 3. The topological polar surface area (TPSA) is 95.8 Å². The molecule has 44 heavy (non-hydrogen) atoms. The first-order chi connectivity index (χ1) is 22.9. The summed E-state index contributed by atoms with van der Waals surface area (Å²) < 4.78 is 121. The second-order valence-electron chi connectivity index (χ2n) is 11.3. The van der Waals surface area contributed by atoms with E-state index in [9.17, 15) is 27.5 Å². The number of hydrogen-bond donors (Lipinski definition) is 2. The highest BCUT2D eigenvalue weighted by molar-refractivity contribution is 5.94. The second-order valence-corrected chi connectivity index (χ2v) is 11.3. The zero-order valence-electron chi connectivity index (χ0n) is 28.0. The molecule has 3 atom stereocenters. The van der Waals surface area contributed by atoms with Gasteiger partial charge in [0.05, 0.1) is 13.8 Å². The van der Waals surface area contributed by atoms with Crippen LogP contribution in [0.25, 0.3) is 27.4 Å². The van der Waals surface area contributed by atoms with E-state index in [1.807, 2.05) is 0 Å². The zero-order valence-corrected chi connectivity index (χ0v) is 23.0. The molecule has 3 fully saturated rings. The van der Waals surface area contributed by atoms with E-state index in [1.54, 1.807) is 4.90 Å². The van der Waals surface area contributed by atoms with Crippen molar-refractivity contribution >= 4 is 27.5 Å². The van der Waals surface area contributed by atoms with Crippen LogP contribution < -0.4 is 20.5 Å². The summed E-state index contributed by atoms with van der Waals surface area (Å²) in [5, 5.41) is 12.5. The van der Waals surface area contributed by atoms with Crippen LogP contribution in [0.3, 0.4) is 0 Å². The second kappa shape index (κ2) is 10.5. The fraction of sp³-hybridized carbons (Fsp3) is 0.433. The smallest absolute Gasteiger partial charge is 0.431 e. The first kappa shape index (κ1) is 23.4. The monoisotopic (exact) mass is 621 g/mol. The maximum Gasteiger partial charge on any atom is 0.431 e. The Hall–Kier alpha value is -4.04. The quantitative estimate of drug-likeness (QED) is 0.318. The summed E-state index contributed by atoms with van der Waals surface area (Å²) in [7, 11) is 0. The first-order valence-electron chi connectivity index (χ1n) is 16.6. The number of fused-ring (bicyclic) bond motifs is 4. The Bertz CT molecular complexity index is 2030. The summed E-state index contributed by atoms with van der Waals surface area (Å²) in [6.07, 6.45) is -3.25. The van der Waals surface area contributed by atoms with Crippen molar-refractivity contribution in [3.63, 3.8) is 0 Å². The van der Waals surface area contributed by atoms with Gasteiger partial charge in [-0.15, -0.1) is 0 Å². The number of halogens is 5. The summed E-state index contributed by atoms with van der Waals surface area (Å²) in [4.78, 5) is 25.3. The van der Waals surface area contributed by atoms with Gasteiger partial charge in [0, 0.05) is 46.8 Å². The molecule has 0 spiro atoms. The first-order valence-corrected chi connectivity index (χ1v) is 14.1. The number of nitrogens with zero attached hydrogens (tertiary/aromatic N) is 5. The predicted octanol–water partition coefficient (Wildman–Crippen LogP) is 4.35. The molecule has 4 aromatic rings. The molecule has 232 valence electrons. The Balaban J connectivity index is 1.49. The normalized spacial score (nSPS) is 24.7. The van der Waals surface area contributed by atoms with Gasteiger partial charge in [0.15, 0.2) is 11.6 Å². The molecule has 2 bridgehead atoms. The van der Waals surface area contributed by atoms with Crippen molar-refractivity contribution in [2.45, 2.75) is 50.0 Å². The van der Waals surface area contributed by atoms with Crippen LogP contribution in [0.4, 0.5) is 27.8 Å². The maximum absolute atomic E-state index is 15.3. The molecule has 2 aromatic heterocycles. The van der Waals surface area contributed by atoms with E-state index < -0.39 is 77.0 Å². The molecule has 3 aliphatic heterocycles. The molecule has 2 aromatic carbocycles. The number of likely N-dealkylation sites (tertiary alicyclic amines) is 1. The van der Waals surface area contributed by atoms with Gasteiger partial charge in [-0.1, -0.05) is 6.07 Å². The van der Waals surface area contributed by atoms with Crippen molar-refractivity contribution in [1.82, 2.24) is 24.8 Å². The van der Waals surface area contributed by atoms with Crippen molar-refractivity contribution < 1.29 is 38.6 Å². The molecule has 3 saturated heterocycles. The van der Waals surface area contributed by atoms with E-state index in [0.29, 0.717) is 18.6 Å². The van der Waals surface area contributed by atoms with E-state index in [-0.39, 0.29) is 59.3 Å². The van der Waals surface area contributed by atoms with Crippen molar-refractivity contribution in [1.29, 1.82) is 0 Å². The number of piperazine rings is 1. The van der Waals surface area contributed by atoms with Crippen molar-refractivity contribution in [3.8, 4) is 17.4 Å². The molecule has 0 radical (unpaired) electrons. The van der Waals surface area contributed by atoms with E-state index in [0.717, 1.165) is 35.9 Å². The SMILES string of the molecule is [2H]C([2H])(Oc1nc(N2C[C@H]3CC[C@@H](C2)N3)c2cc(C(F)(F)F)n(-c3cc(O)cc4ccc(F)c(F)c34)c(=O)c2n1)[C@@H]1CCCN1C([2H])([2H])[2H]. The van der Waals surface area contributed by atoms with Crippen LogP contribution in [0, 0.1) is 11.6 Å². The Morgan fingerprint density at radius 2 is 1.91 bits per heavy atom. The number of ether oxygens (including phenoxy) is 1. The van der Waals surface area contributed by atoms with Gasteiger partial charge in [-0.3, -0.25) is 9.36 Å². The summed E-state index contributed by atoms with van der Waals surface area (Å²) in [6.45, 7) is -4.79. The van der Waals surface area contributed by atoms with Crippen LogP contribution in [0.2, 0.25) is 0 Å². The van der Waals surface area contributed by atoms with Crippen LogP contribution >= 0.6 is 0 Å². The number of pyridine rings is 1. The number of phenolic OH excluding ortho intramolecular Hbond substituents is 1. The number of benzene rings is 2. The van der Waals surface area contributed by atoms with Gasteiger partial charge < -0.3 is 25.0 Å². The van der Waals surface area contributed by atoms with Crippen molar-refractivity contribution in [2.75, 3.05) is 38.1 Å². The molecular formula is C30H29F5N6O3. The third-order valence-electron chi connectivity index (χ3n) is 8.39. The van der Waals surface area contributed by atoms with Crippen LogP contribution in [-0.2, 0) is 6.18 Å². The van der Waals surface area contributed by atoms with Crippen LogP contribution in [0.15, 0.2) is 35.1 Å².